The van der Waals surface area contributed by atoms with Crippen LogP contribution in [0.3, 0.4) is 0 Å². The van der Waals surface area contributed by atoms with Crippen LogP contribution in [-0.4, -0.2) is 28.0 Å². The second-order valence-corrected chi connectivity index (χ2v) is 4.87. The number of aromatic nitrogens is 2. The molecule has 0 radical (unpaired) electrons. The summed E-state index contributed by atoms with van der Waals surface area (Å²) in [6, 6.07) is 1.57. The Morgan fingerprint density at radius 1 is 1.48 bits per heavy atom. The van der Waals surface area contributed by atoms with Crippen molar-refractivity contribution in [3.8, 4) is 0 Å². The lowest BCUT2D eigenvalue weighted by Gasteiger charge is -2.16. The van der Waals surface area contributed by atoms with Gasteiger partial charge in [0.25, 0.3) is 0 Å². The second-order valence-electron chi connectivity index (χ2n) is 4.49. The number of aryl methyl sites for hydroxylation is 1. The molecule has 1 atom stereocenters. The Bertz CT molecular complexity index is 673. The van der Waals surface area contributed by atoms with Crippen molar-refractivity contribution in [2.24, 2.45) is 0 Å². The van der Waals surface area contributed by atoms with E-state index >= 15 is 0 Å². The van der Waals surface area contributed by atoms with Crippen molar-refractivity contribution in [1.82, 2.24) is 9.55 Å². The first kappa shape index (κ1) is 15.7. The molecule has 2 aromatic rings. The van der Waals surface area contributed by atoms with Crippen molar-refractivity contribution < 1.29 is 18.3 Å². The average molecular weight is 317 g/mol. The number of imidazole rings is 1. The Labute approximate surface area is 125 Å². The smallest absolute Gasteiger partial charge is 0.328 e. The number of halogens is 3. The Kier molecular flexibility index (Phi) is 4.77. The van der Waals surface area contributed by atoms with Crippen LogP contribution in [0.25, 0.3) is 11.0 Å². The van der Waals surface area contributed by atoms with Crippen LogP contribution in [0.2, 0.25) is 0 Å². The number of hydrogen-bond donors (Lipinski definition) is 0. The van der Waals surface area contributed by atoms with Crippen LogP contribution in [0.1, 0.15) is 25.7 Å². The predicted octanol–water partition coefficient (Wildman–Crippen LogP) is 3.22. The molecule has 0 fully saturated rings. The number of fused-ring (bicyclic) bond motifs is 1. The Hall–Kier alpha value is -1.69. The summed E-state index contributed by atoms with van der Waals surface area (Å²) in [6.45, 7) is 3.44. The van der Waals surface area contributed by atoms with Gasteiger partial charge in [0.15, 0.2) is 11.6 Å². The van der Waals surface area contributed by atoms with Gasteiger partial charge in [0.05, 0.1) is 12.1 Å². The van der Waals surface area contributed by atoms with Gasteiger partial charge in [0.1, 0.15) is 17.4 Å². The third kappa shape index (κ3) is 2.85. The maximum Gasteiger partial charge on any atom is 0.328 e. The third-order valence-corrected chi connectivity index (χ3v) is 3.34. The van der Waals surface area contributed by atoms with E-state index in [0.29, 0.717) is 12.2 Å². The fourth-order valence-electron chi connectivity index (χ4n) is 2.22. The fraction of sp³-hybridized carbons (Fsp3) is 0.429. The largest absolute Gasteiger partial charge is 0.464 e. The molecule has 1 aromatic heterocycles. The van der Waals surface area contributed by atoms with E-state index in [4.69, 9.17) is 16.3 Å². The van der Waals surface area contributed by atoms with E-state index in [1.54, 1.807) is 13.8 Å². The normalized spacial score (nSPS) is 12.6. The SMILES string of the molecule is CCOC(=O)C(C)n1c(CCCl)nc2ccc(F)c(F)c21. The van der Waals surface area contributed by atoms with Gasteiger partial charge in [0, 0.05) is 12.3 Å². The van der Waals surface area contributed by atoms with Crippen LogP contribution >= 0.6 is 11.6 Å². The number of esters is 1. The first-order valence-corrected chi connectivity index (χ1v) is 7.12. The van der Waals surface area contributed by atoms with Crippen LogP contribution in [0.15, 0.2) is 12.1 Å². The Balaban J connectivity index is 2.65. The van der Waals surface area contributed by atoms with E-state index in [1.165, 1.54) is 10.6 Å². The standard InChI is InChI=1S/C14H15ClF2N2O2/c1-3-21-14(20)8(2)19-11(6-7-15)18-10-5-4-9(16)12(17)13(10)19/h4-5,8H,3,6-7H2,1-2H3. The number of carbonyl (C=O) groups is 1. The van der Waals surface area contributed by atoms with Crippen molar-refractivity contribution in [3.05, 3.63) is 29.6 Å². The second kappa shape index (κ2) is 6.39. The van der Waals surface area contributed by atoms with E-state index in [1.807, 2.05) is 0 Å². The molecule has 1 unspecified atom stereocenters. The van der Waals surface area contributed by atoms with Gasteiger partial charge in [-0.05, 0) is 26.0 Å². The van der Waals surface area contributed by atoms with Crippen molar-refractivity contribution in [3.63, 3.8) is 0 Å². The molecule has 21 heavy (non-hydrogen) atoms. The molecule has 2 rings (SSSR count). The number of carbonyl (C=O) groups excluding carboxylic acids is 1. The predicted molar refractivity (Wildman–Crippen MR) is 75.4 cm³/mol. The highest BCUT2D eigenvalue weighted by Crippen LogP contribution is 2.26. The lowest BCUT2D eigenvalue weighted by Crippen LogP contribution is -2.21. The summed E-state index contributed by atoms with van der Waals surface area (Å²) >= 11 is 5.71. The molecule has 0 saturated carbocycles. The minimum Gasteiger partial charge on any atom is -0.464 e. The van der Waals surface area contributed by atoms with E-state index in [9.17, 15) is 13.6 Å². The van der Waals surface area contributed by atoms with E-state index in [0.717, 1.165) is 6.07 Å². The summed E-state index contributed by atoms with van der Waals surface area (Å²) in [5, 5.41) is 0. The zero-order chi connectivity index (χ0) is 15.6. The molecule has 4 nitrogen and oxygen atoms in total. The monoisotopic (exact) mass is 316 g/mol. The molecule has 0 saturated heterocycles. The zero-order valence-corrected chi connectivity index (χ0v) is 12.5. The number of alkyl halides is 1. The van der Waals surface area contributed by atoms with Gasteiger partial charge in [-0.1, -0.05) is 0 Å². The minimum atomic E-state index is -1.03. The Morgan fingerprint density at radius 2 is 2.19 bits per heavy atom. The van der Waals surface area contributed by atoms with Crippen LogP contribution < -0.4 is 0 Å². The van der Waals surface area contributed by atoms with E-state index < -0.39 is 23.6 Å². The zero-order valence-electron chi connectivity index (χ0n) is 11.7. The van der Waals surface area contributed by atoms with Crippen molar-refractivity contribution in [1.29, 1.82) is 0 Å². The molecule has 0 aliphatic rings. The quantitative estimate of drug-likeness (QED) is 0.628. The lowest BCUT2D eigenvalue weighted by atomic mass is 10.2. The van der Waals surface area contributed by atoms with Gasteiger partial charge >= 0.3 is 5.97 Å². The van der Waals surface area contributed by atoms with Crippen LogP contribution in [0.4, 0.5) is 8.78 Å². The van der Waals surface area contributed by atoms with Crippen molar-refractivity contribution >= 4 is 28.6 Å². The van der Waals surface area contributed by atoms with Gasteiger partial charge < -0.3 is 9.30 Å². The summed E-state index contributed by atoms with van der Waals surface area (Å²) in [5.41, 5.74) is 0.237. The highest BCUT2D eigenvalue weighted by molar-refractivity contribution is 6.17. The topological polar surface area (TPSA) is 44.1 Å². The first-order chi connectivity index (χ1) is 10.0. The van der Waals surface area contributed by atoms with Gasteiger partial charge in [-0.15, -0.1) is 11.6 Å². The number of nitrogens with zero attached hydrogens (tertiary/aromatic N) is 2. The summed E-state index contributed by atoms with van der Waals surface area (Å²) in [5.74, 6) is -1.88. The van der Waals surface area contributed by atoms with Crippen LogP contribution in [0, 0.1) is 11.6 Å². The molecule has 0 aliphatic carbocycles. The maximum atomic E-state index is 14.1. The molecule has 1 heterocycles. The number of benzene rings is 1. The molecule has 1 aromatic carbocycles. The summed E-state index contributed by atoms with van der Waals surface area (Å²) in [4.78, 5) is 16.1. The minimum absolute atomic E-state index is 0.0457. The molecule has 7 heteroatoms. The fourth-order valence-corrected chi connectivity index (χ4v) is 2.39. The first-order valence-electron chi connectivity index (χ1n) is 6.58. The molecule has 0 aliphatic heterocycles. The van der Waals surface area contributed by atoms with E-state index in [2.05, 4.69) is 4.98 Å². The highest BCUT2D eigenvalue weighted by Gasteiger charge is 2.25. The molecular weight excluding hydrogens is 302 g/mol. The lowest BCUT2D eigenvalue weighted by molar-refractivity contribution is -0.146. The maximum absolute atomic E-state index is 14.1. The van der Waals surface area contributed by atoms with Gasteiger partial charge in [-0.2, -0.15) is 0 Å². The van der Waals surface area contributed by atoms with Crippen LogP contribution in [0.5, 0.6) is 0 Å². The summed E-state index contributed by atoms with van der Waals surface area (Å²) < 4.78 is 33.9. The highest BCUT2D eigenvalue weighted by atomic mass is 35.5. The molecule has 0 spiro atoms. The van der Waals surface area contributed by atoms with Crippen molar-refractivity contribution in [2.75, 3.05) is 12.5 Å². The molecule has 0 amide bonds. The third-order valence-electron chi connectivity index (χ3n) is 3.15. The molecule has 114 valence electrons. The molecular formula is C14H15ClF2N2O2. The van der Waals surface area contributed by atoms with Gasteiger partial charge in [-0.3, -0.25) is 0 Å². The van der Waals surface area contributed by atoms with Crippen molar-refractivity contribution in [2.45, 2.75) is 26.3 Å². The van der Waals surface area contributed by atoms with Gasteiger partial charge in [-0.25, -0.2) is 18.6 Å². The molecule has 0 bridgehead atoms. The number of ether oxygens (including phenoxy) is 1. The summed E-state index contributed by atoms with van der Waals surface area (Å²) in [7, 11) is 0. The van der Waals surface area contributed by atoms with E-state index in [-0.39, 0.29) is 23.5 Å². The summed E-state index contributed by atoms with van der Waals surface area (Å²) in [6.07, 6.45) is 0.334. The number of rotatable bonds is 5. The van der Waals surface area contributed by atoms with Gasteiger partial charge in [0.2, 0.25) is 0 Å². The number of hydrogen-bond acceptors (Lipinski definition) is 3. The average Bonchev–Trinajstić information content (AvgIpc) is 2.82. The van der Waals surface area contributed by atoms with Crippen LogP contribution in [-0.2, 0) is 16.0 Å². The molecule has 0 N–H and O–H groups in total. The Morgan fingerprint density at radius 3 is 2.81 bits per heavy atom.